The van der Waals surface area contributed by atoms with E-state index in [1.807, 2.05) is 6.92 Å². The maximum absolute atomic E-state index is 10.3. The van der Waals surface area contributed by atoms with Gasteiger partial charge in [0.2, 0.25) is 0 Å². The number of hydrogen-bond donors (Lipinski definition) is 2. The second-order valence-electron chi connectivity index (χ2n) is 1.56. The lowest BCUT2D eigenvalue weighted by molar-refractivity contribution is -0.0212. The Labute approximate surface area is 80.9 Å². The van der Waals surface area contributed by atoms with Gasteiger partial charge in [-0.3, -0.25) is 4.94 Å². The number of thiocarbonyl (C=S) groups is 2. The van der Waals surface area contributed by atoms with Gasteiger partial charge in [-0.2, -0.15) is 0 Å². The minimum absolute atomic E-state index is 0.141. The predicted molar refractivity (Wildman–Crippen MR) is 52.0 cm³/mol. The second-order valence-corrected chi connectivity index (χ2v) is 2.37. The molecule has 0 bridgehead atoms. The number of rotatable bonds is 2. The third-order valence-electron chi connectivity index (χ3n) is 0.524. The number of nitrogens with two attached hydrogens (primary N) is 2. The average molecular weight is 214 g/mol. The summed E-state index contributed by atoms with van der Waals surface area (Å²) in [6.07, 6.45) is 0.956. The fourth-order valence-electron chi connectivity index (χ4n) is 0.203. The van der Waals surface area contributed by atoms with Crippen molar-refractivity contribution in [3.05, 3.63) is 0 Å². The van der Waals surface area contributed by atoms with Gasteiger partial charge in [0.25, 0.3) is 5.17 Å². The smallest absolute Gasteiger partial charge is 0.300 e. The first kappa shape index (κ1) is 13.9. The van der Waals surface area contributed by atoms with Gasteiger partial charge >= 0.3 is 5.17 Å². The maximum atomic E-state index is 10.3. The normalized spacial score (nSPS) is 7.50. The maximum Gasteiger partial charge on any atom is 0.300 e. The zero-order valence-corrected chi connectivity index (χ0v) is 8.21. The van der Waals surface area contributed by atoms with Crippen molar-refractivity contribution >= 4 is 34.8 Å². The van der Waals surface area contributed by atoms with Gasteiger partial charge in [0.05, 0.1) is 6.61 Å². The Morgan fingerprint density at radius 3 is 1.83 bits per heavy atom. The third kappa shape index (κ3) is 22.8. The van der Waals surface area contributed by atoms with Crippen LogP contribution in [0.25, 0.3) is 0 Å². The Morgan fingerprint density at radius 1 is 1.33 bits per heavy atom. The van der Waals surface area contributed by atoms with Crippen LogP contribution in [-0.2, 0) is 9.68 Å². The number of hydrogen-bond acceptors (Lipinski definition) is 4. The summed E-state index contributed by atoms with van der Waals surface area (Å²) in [4.78, 5) is 2.76. The van der Waals surface area contributed by atoms with Gasteiger partial charge in [0.15, 0.2) is 0 Å². The van der Waals surface area contributed by atoms with Crippen LogP contribution in [0.1, 0.15) is 13.3 Å². The molecule has 0 atom stereocenters. The summed E-state index contributed by atoms with van der Waals surface area (Å²) >= 11 is 8.29. The first-order chi connectivity index (χ1) is 5.54. The van der Waals surface area contributed by atoms with Gasteiger partial charge < -0.3 is 16.2 Å². The first-order valence-corrected chi connectivity index (χ1v) is 3.86. The molecule has 0 radical (unpaired) electrons. The van der Waals surface area contributed by atoms with Crippen LogP contribution >= 0.6 is 24.4 Å². The lowest BCUT2D eigenvalue weighted by Gasteiger charge is -1.96. The minimum Gasteiger partial charge on any atom is -0.471 e. The van der Waals surface area contributed by atoms with E-state index in [4.69, 9.17) is 10.5 Å². The lowest BCUT2D eigenvalue weighted by Crippen LogP contribution is -2.12. The summed E-state index contributed by atoms with van der Waals surface area (Å²) < 4.78 is 15.0. The molecule has 4 nitrogen and oxygen atoms in total. The molecule has 12 heavy (non-hydrogen) atoms. The molecule has 7 heteroatoms. The van der Waals surface area contributed by atoms with Crippen molar-refractivity contribution in [1.82, 2.24) is 0 Å². The Balaban J connectivity index is 0. The largest absolute Gasteiger partial charge is 0.471 e. The summed E-state index contributed by atoms with van der Waals surface area (Å²) in [6.45, 7) is 2.63. The molecular weight excluding hydrogens is 203 g/mol. The monoisotopic (exact) mass is 214 g/mol. The Kier molecular flexibility index (Phi) is 11.9. The molecule has 0 fully saturated rings. The fraction of sp³-hybridized carbons (Fsp3) is 0.600. The molecule has 0 aliphatic rings. The summed E-state index contributed by atoms with van der Waals surface area (Å²) in [5.41, 5.74) is 9.41. The molecule has 0 spiro atoms. The van der Waals surface area contributed by atoms with Crippen LogP contribution in [0, 0.1) is 0 Å². The Bertz CT molecular complexity index is 145. The van der Waals surface area contributed by atoms with Crippen molar-refractivity contribution < 1.29 is 14.2 Å². The minimum atomic E-state index is -0.579. The van der Waals surface area contributed by atoms with Gasteiger partial charge in [-0.15, -0.1) is 0 Å². The van der Waals surface area contributed by atoms with Gasteiger partial charge in [-0.1, -0.05) is 6.92 Å². The van der Waals surface area contributed by atoms with Gasteiger partial charge in [0, 0.05) is 4.53 Å². The molecule has 0 aliphatic heterocycles. The van der Waals surface area contributed by atoms with E-state index < -0.39 is 5.17 Å². The quantitative estimate of drug-likeness (QED) is 0.662. The van der Waals surface area contributed by atoms with Crippen molar-refractivity contribution in [2.24, 2.45) is 11.5 Å². The highest BCUT2D eigenvalue weighted by molar-refractivity contribution is 7.80. The fourth-order valence-corrected chi connectivity index (χ4v) is 0.286. The van der Waals surface area contributed by atoms with Gasteiger partial charge in [0.1, 0.15) is 0 Å². The first-order valence-electron chi connectivity index (χ1n) is 3.04. The summed E-state index contributed by atoms with van der Waals surface area (Å²) in [6, 6.07) is 0. The molecule has 0 saturated heterocycles. The van der Waals surface area contributed by atoms with Crippen LogP contribution in [0.4, 0.5) is 4.53 Å². The highest BCUT2D eigenvalue weighted by Crippen LogP contribution is 1.77. The van der Waals surface area contributed by atoms with Crippen LogP contribution in [-0.4, -0.2) is 17.0 Å². The van der Waals surface area contributed by atoms with Crippen LogP contribution in [0.2, 0.25) is 0 Å². The SMILES string of the molecule is CCCOC(N)=S.NC(=S)OF. The molecule has 0 aromatic carbocycles. The molecule has 0 saturated carbocycles. The van der Waals surface area contributed by atoms with E-state index in [0.717, 1.165) is 6.42 Å². The van der Waals surface area contributed by atoms with Crippen molar-refractivity contribution in [2.75, 3.05) is 6.61 Å². The average Bonchev–Trinajstić information content (AvgIpc) is 2.02. The highest BCUT2D eigenvalue weighted by atomic mass is 32.1. The molecule has 0 aliphatic carbocycles. The van der Waals surface area contributed by atoms with Crippen LogP contribution in [0.5, 0.6) is 0 Å². The Morgan fingerprint density at radius 2 is 1.75 bits per heavy atom. The standard InChI is InChI=1S/C4H9NOS.CH2FNOS/c1-2-3-6-4(5)7;2-4-1(3)5/h2-3H2,1H3,(H2,5,7);(H2,3,5). The van der Waals surface area contributed by atoms with E-state index in [2.05, 4.69) is 35.1 Å². The molecule has 0 aromatic heterocycles. The molecule has 0 rings (SSSR count). The van der Waals surface area contributed by atoms with Crippen LogP contribution < -0.4 is 11.5 Å². The zero-order chi connectivity index (χ0) is 9.98. The second kappa shape index (κ2) is 10.3. The van der Waals surface area contributed by atoms with Crippen molar-refractivity contribution in [3.63, 3.8) is 0 Å². The summed E-state index contributed by atoms with van der Waals surface area (Å²) in [5, 5.41) is -0.438. The van der Waals surface area contributed by atoms with E-state index in [9.17, 15) is 4.53 Å². The molecule has 0 heterocycles. The van der Waals surface area contributed by atoms with Crippen LogP contribution in [0.15, 0.2) is 0 Å². The third-order valence-corrected chi connectivity index (χ3v) is 0.705. The van der Waals surface area contributed by atoms with Gasteiger partial charge in [-0.05, 0) is 30.9 Å². The van der Waals surface area contributed by atoms with Crippen molar-refractivity contribution in [2.45, 2.75) is 13.3 Å². The van der Waals surface area contributed by atoms with Gasteiger partial charge in [-0.25, -0.2) is 0 Å². The molecule has 0 unspecified atom stereocenters. The molecular formula is C5H11FN2O2S2. The van der Waals surface area contributed by atoms with E-state index in [0.29, 0.717) is 6.61 Å². The molecule has 0 amide bonds. The highest BCUT2D eigenvalue weighted by Gasteiger charge is 1.81. The summed E-state index contributed by atoms with van der Waals surface area (Å²) in [5.74, 6) is 0. The van der Waals surface area contributed by atoms with Crippen molar-refractivity contribution in [1.29, 1.82) is 0 Å². The molecule has 4 N–H and O–H groups in total. The van der Waals surface area contributed by atoms with E-state index in [-0.39, 0.29) is 5.17 Å². The van der Waals surface area contributed by atoms with Crippen molar-refractivity contribution in [3.8, 4) is 0 Å². The van der Waals surface area contributed by atoms with E-state index >= 15 is 0 Å². The molecule has 0 aromatic rings. The topological polar surface area (TPSA) is 70.5 Å². The van der Waals surface area contributed by atoms with E-state index in [1.165, 1.54) is 0 Å². The Hall–Kier alpha value is -0.690. The number of halogens is 1. The molecule has 72 valence electrons. The lowest BCUT2D eigenvalue weighted by atomic mass is 10.5. The van der Waals surface area contributed by atoms with Crippen LogP contribution in [0.3, 0.4) is 0 Å². The summed E-state index contributed by atoms with van der Waals surface area (Å²) in [7, 11) is 0. The predicted octanol–water partition coefficient (Wildman–Crippen LogP) is 0.788. The van der Waals surface area contributed by atoms with E-state index in [1.54, 1.807) is 0 Å². The zero-order valence-electron chi connectivity index (χ0n) is 6.58. The number of ether oxygens (including phenoxy) is 1.